The van der Waals surface area contributed by atoms with Crippen molar-refractivity contribution in [3.63, 3.8) is 0 Å². The summed E-state index contributed by atoms with van der Waals surface area (Å²) in [7, 11) is -3.83. The van der Waals surface area contributed by atoms with E-state index in [2.05, 4.69) is 0 Å². The molecule has 6 nitrogen and oxygen atoms in total. The number of carbonyl (C=O) groups excluding carboxylic acids is 1. The van der Waals surface area contributed by atoms with Crippen LogP contribution in [0.3, 0.4) is 0 Å². The fraction of sp³-hybridized carbons (Fsp3) is 0.435. The molecule has 1 amide bonds. The van der Waals surface area contributed by atoms with E-state index in [4.69, 9.17) is 0 Å². The van der Waals surface area contributed by atoms with Gasteiger partial charge in [-0.25, -0.2) is 8.42 Å². The SMILES string of the molecule is Cc1ccc(S(=O)(=O)N2C[C@H]3CC(=O)N(Cc4ccccc4)CC[C@@]3(C)C2O)cc1. The summed E-state index contributed by atoms with van der Waals surface area (Å²) in [5.74, 6) is -0.213. The first-order valence-corrected chi connectivity index (χ1v) is 11.7. The molecule has 2 aliphatic rings. The van der Waals surface area contributed by atoms with Crippen LogP contribution in [0.15, 0.2) is 59.5 Å². The highest BCUT2D eigenvalue weighted by Crippen LogP contribution is 2.48. The van der Waals surface area contributed by atoms with E-state index in [0.29, 0.717) is 19.5 Å². The zero-order valence-corrected chi connectivity index (χ0v) is 18.2. The number of hydrogen-bond acceptors (Lipinski definition) is 4. The molecule has 2 aliphatic heterocycles. The number of likely N-dealkylation sites (tertiary alicyclic amines) is 1. The van der Waals surface area contributed by atoms with Gasteiger partial charge in [-0.1, -0.05) is 55.0 Å². The highest BCUT2D eigenvalue weighted by molar-refractivity contribution is 7.89. The Labute approximate surface area is 178 Å². The zero-order valence-electron chi connectivity index (χ0n) is 17.4. The molecule has 0 spiro atoms. The molecule has 0 bridgehead atoms. The van der Waals surface area contributed by atoms with Gasteiger partial charge in [0.05, 0.1) is 4.90 Å². The second-order valence-electron chi connectivity index (χ2n) is 8.72. The van der Waals surface area contributed by atoms with E-state index < -0.39 is 21.7 Å². The van der Waals surface area contributed by atoms with Crippen LogP contribution in [0.1, 0.15) is 30.9 Å². The minimum absolute atomic E-state index is 0.00867. The lowest BCUT2D eigenvalue weighted by Crippen LogP contribution is -2.42. The molecule has 1 N–H and O–H groups in total. The van der Waals surface area contributed by atoms with Crippen molar-refractivity contribution in [1.82, 2.24) is 9.21 Å². The molecule has 3 atom stereocenters. The van der Waals surface area contributed by atoms with Gasteiger partial charge in [0, 0.05) is 31.5 Å². The molecule has 2 aromatic carbocycles. The molecule has 2 aromatic rings. The Morgan fingerprint density at radius 3 is 2.43 bits per heavy atom. The van der Waals surface area contributed by atoms with Crippen LogP contribution in [0, 0.1) is 18.3 Å². The number of sulfonamides is 1. The van der Waals surface area contributed by atoms with E-state index in [9.17, 15) is 18.3 Å². The number of nitrogens with zero attached hydrogens (tertiary/aromatic N) is 2. The minimum atomic E-state index is -3.83. The van der Waals surface area contributed by atoms with Gasteiger partial charge in [-0.05, 0) is 37.0 Å². The third kappa shape index (κ3) is 3.66. The molecule has 1 unspecified atom stereocenters. The molecule has 0 radical (unpaired) electrons. The van der Waals surface area contributed by atoms with Gasteiger partial charge in [-0.2, -0.15) is 4.31 Å². The van der Waals surface area contributed by atoms with Gasteiger partial charge < -0.3 is 10.0 Å². The molecule has 160 valence electrons. The van der Waals surface area contributed by atoms with Gasteiger partial charge in [-0.15, -0.1) is 0 Å². The van der Waals surface area contributed by atoms with Crippen LogP contribution in [0.4, 0.5) is 0 Å². The van der Waals surface area contributed by atoms with Crippen molar-refractivity contribution >= 4 is 15.9 Å². The van der Waals surface area contributed by atoms with Crippen LogP contribution in [-0.4, -0.2) is 48.0 Å². The average Bonchev–Trinajstić information content (AvgIpc) is 2.90. The molecule has 4 rings (SSSR count). The topological polar surface area (TPSA) is 77.9 Å². The smallest absolute Gasteiger partial charge is 0.245 e. The number of benzene rings is 2. The Kier molecular flexibility index (Phi) is 5.46. The van der Waals surface area contributed by atoms with Crippen LogP contribution >= 0.6 is 0 Å². The first-order valence-electron chi connectivity index (χ1n) is 10.3. The Morgan fingerprint density at radius 1 is 1.10 bits per heavy atom. The lowest BCUT2D eigenvalue weighted by Gasteiger charge is -2.33. The van der Waals surface area contributed by atoms with Gasteiger partial charge >= 0.3 is 0 Å². The van der Waals surface area contributed by atoms with Crippen LogP contribution < -0.4 is 0 Å². The van der Waals surface area contributed by atoms with Crippen LogP contribution in [-0.2, 0) is 21.4 Å². The monoisotopic (exact) mass is 428 g/mol. The summed E-state index contributed by atoms with van der Waals surface area (Å²) in [5, 5.41) is 11.1. The number of hydrogen-bond donors (Lipinski definition) is 1. The maximum absolute atomic E-state index is 13.2. The van der Waals surface area contributed by atoms with Crippen molar-refractivity contribution in [1.29, 1.82) is 0 Å². The van der Waals surface area contributed by atoms with Crippen molar-refractivity contribution < 1.29 is 18.3 Å². The maximum atomic E-state index is 13.2. The fourth-order valence-corrected chi connectivity index (χ4v) is 6.21. The lowest BCUT2D eigenvalue weighted by molar-refractivity contribution is -0.132. The first-order chi connectivity index (χ1) is 14.2. The van der Waals surface area contributed by atoms with Gasteiger partial charge in [0.25, 0.3) is 0 Å². The van der Waals surface area contributed by atoms with Crippen molar-refractivity contribution in [2.75, 3.05) is 13.1 Å². The molecule has 2 saturated heterocycles. The van der Waals surface area contributed by atoms with E-state index in [1.54, 1.807) is 24.3 Å². The summed E-state index contributed by atoms with van der Waals surface area (Å²) in [5.41, 5.74) is 1.36. The van der Waals surface area contributed by atoms with Gasteiger partial charge in [-0.3, -0.25) is 4.79 Å². The van der Waals surface area contributed by atoms with Gasteiger partial charge in [0.2, 0.25) is 15.9 Å². The molecule has 0 saturated carbocycles. The fourth-order valence-electron chi connectivity index (χ4n) is 4.58. The second-order valence-corrected chi connectivity index (χ2v) is 10.6. The quantitative estimate of drug-likeness (QED) is 0.812. The molecular weight excluding hydrogens is 400 g/mol. The molecule has 7 heteroatoms. The van der Waals surface area contributed by atoms with Gasteiger partial charge in [0.1, 0.15) is 6.23 Å². The standard InChI is InChI=1S/C23H28N2O4S/c1-17-8-10-20(11-9-17)30(28,29)25-16-19-14-21(26)24(13-12-23(19,2)22(25)27)15-18-6-4-3-5-7-18/h3-11,19,22,27H,12-16H2,1-2H3/t19-,22?,23-/m1/s1. The van der Waals surface area contributed by atoms with E-state index in [0.717, 1.165) is 11.1 Å². The van der Waals surface area contributed by atoms with Gasteiger partial charge in [0.15, 0.2) is 0 Å². The summed E-state index contributed by atoms with van der Waals surface area (Å²) < 4.78 is 27.6. The number of aliphatic hydroxyl groups is 1. The van der Waals surface area contributed by atoms with E-state index >= 15 is 0 Å². The van der Waals surface area contributed by atoms with Crippen molar-refractivity contribution in [3.05, 3.63) is 65.7 Å². The van der Waals surface area contributed by atoms with E-state index in [1.807, 2.05) is 49.1 Å². The molecule has 30 heavy (non-hydrogen) atoms. The average molecular weight is 429 g/mol. The third-order valence-electron chi connectivity index (χ3n) is 6.73. The number of aryl methyl sites for hydroxylation is 1. The summed E-state index contributed by atoms with van der Waals surface area (Å²) in [4.78, 5) is 14.9. The molecule has 0 aliphatic carbocycles. The Bertz CT molecular complexity index is 1020. The number of rotatable bonds is 4. The molecule has 2 heterocycles. The summed E-state index contributed by atoms with van der Waals surface area (Å²) in [6, 6.07) is 16.5. The van der Waals surface area contributed by atoms with E-state index in [1.165, 1.54) is 4.31 Å². The largest absolute Gasteiger partial charge is 0.377 e. The predicted molar refractivity (Wildman–Crippen MR) is 114 cm³/mol. The van der Waals surface area contributed by atoms with Crippen LogP contribution in [0.25, 0.3) is 0 Å². The first kappa shape index (κ1) is 21.0. The Hall–Kier alpha value is -2.22. The maximum Gasteiger partial charge on any atom is 0.245 e. The third-order valence-corrected chi connectivity index (χ3v) is 8.57. The molecular formula is C23H28N2O4S. The number of aliphatic hydroxyl groups excluding tert-OH is 1. The Morgan fingerprint density at radius 2 is 1.77 bits per heavy atom. The summed E-state index contributed by atoms with van der Waals surface area (Å²) >= 11 is 0. The van der Waals surface area contributed by atoms with E-state index in [-0.39, 0.29) is 29.7 Å². The number of amides is 1. The number of fused-ring (bicyclic) bond motifs is 1. The zero-order chi connectivity index (χ0) is 21.5. The van der Waals surface area contributed by atoms with Crippen LogP contribution in [0.5, 0.6) is 0 Å². The normalized spacial score (nSPS) is 27.7. The second kappa shape index (κ2) is 7.80. The lowest BCUT2D eigenvalue weighted by atomic mass is 9.75. The molecule has 2 fully saturated rings. The van der Waals surface area contributed by atoms with Crippen LogP contribution in [0.2, 0.25) is 0 Å². The van der Waals surface area contributed by atoms with Crippen molar-refractivity contribution in [2.24, 2.45) is 11.3 Å². The minimum Gasteiger partial charge on any atom is -0.377 e. The highest BCUT2D eigenvalue weighted by atomic mass is 32.2. The van der Waals surface area contributed by atoms with Crippen molar-refractivity contribution in [3.8, 4) is 0 Å². The molecule has 0 aromatic heterocycles. The van der Waals surface area contributed by atoms with Crippen molar-refractivity contribution in [2.45, 2.75) is 44.4 Å². The summed E-state index contributed by atoms with van der Waals surface area (Å²) in [6.45, 7) is 4.98. The predicted octanol–water partition coefficient (Wildman–Crippen LogP) is 2.76. The summed E-state index contributed by atoms with van der Waals surface area (Å²) in [6.07, 6.45) is -0.365. The highest BCUT2D eigenvalue weighted by Gasteiger charge is 2.55. The Balaban J connectivity index is 1.55. The number of carbonyl (C=O) groups is 1.